The van der Waals surface area contributed by atoms with Crippen LogP contribution in [0.15, 0.2) is 30.3 Å². The fourth-order valence-corrected chi connectivity index (χ4v) is 5.24. The molecule has 1 unspecified atom stereocenters. The van der Waals surface area contributed by atoms with Crippen LogP contribution in [0.2, 0.25) is 0 Å². The minimum atomic E-state index is -0.235. The van der Waals surface area contributed by atoms with E-state index in [9.17, 15) is 9.59 Å². The number of amides is 2. The third kappa shape index (κ3) is 3.82. The second-order valence-corrected chi connectivity index (χ2v) is 8.91. The van der Waals surface area contributed by atoms with Gasteiger partial charge in [-0.05, 0) is 51.3 Å². The normalized spacial score (nSPS) is 25.9. The molecule has 1 spiro atoms. The SMILES string of the molecule is CN1CCCCCC1C(=O)N1CCC2(CC1)CCN(Cc1ccccc1)C2=O. The molecule has 4 rings (SSSR count). The van der Waals surface area contributed by atoms with Gasteiger partial charge >= 0.3 is 0 Å². The van der Waals surface area contributed by atoms with Gasteiger partial charge in [-0.15, -0.1) is 0 Å². The number of benzene rings is 1. The van der Waals surface area contributed by atoms with Crippen molar-refractivity contribution in [2.45, 2.75) is 57.5 Å². The van der Waals surface area contributed by atoms with E-state index < -0.39 is 0 Å². The highest BCUT2D eigenvalue weighted by atomic mass is 16.2. The van der Waals surface area contributed by atoms with Gasteiger partial charge in [0.2, 0.25) is 11.8 Å². The average molecular weight is 384 g/mol. The molecule has 0 bridgehead atoms. The Balaban J connectivity index is 1.35. The summed E-state index contributed by atoms with van der Waals surface area (Å²) in [6.07, 6.45) is 7.10. The molecule has 28 heavy (non-hydrogen) atoms. The minimum absolute atomic E-state index is 0.0328. The number of piperidine rings is 1. The van der Waals surface area contributed by atoms with Crippen molar-refractivity contribution in [3.05, 3.63) is 35.9 Å². The van der Waals surface area contributed by atoms with Crippen LogP contribution in [-0.4, -0.2) is 65.8 Å². The van der Waals surface area contributed by atoms with Crippen molar-refractivity contribution in [2.24, 2.45) is 5.41 Å². The Labute approximate surface area is 168 Å². The third-order valence-electron chi connectivity index (χ3n) is 7.16. The lowest BCUT2D eigenvalue weighted by Gasteiger charge is -2.40. The van der Waals surface area contributed by atoms with E-state index in [1.807, 2.05) is 28.0 Å². The first-order valence-electron chi connectivity index (χ1n) is 10.9. The van der Waals surface area contributed by atoms with Gasteiger partial charge in [0.1, 0.15) is 0 Å². The highest BCUT2D eigenvalue weighted by Gasteiger charge is 2.48. The van der Waals surface area contributed by atoms with Crippen molar-refractivity contribution in [1.82, 2.24) is 14.7 Å². The van der Waals surface area contributed by atoms with Crippen LogP contribution in [0, 0.1) is 5.41 Å². The summed E-state index contributed by atoms with van der Waals surface area (Å²) < 4.78 is 0. The maximum absolute atomic E-state index is 13.2. The van der Waals surface area contributed by atoms with E-state index in [0.717, 1.165) is 58.3 Å². The van der Waals surface area contributed by atoms with Gasteiger partial charge in [-0.3, -0.25) is 14.5 Å². The largest absolute Gasteiger partial charge is 0.341 e. The summed E-state index contributed by atoms with van der Waals surface area (Å²) >= 11 is 0. The highest BCUT2D eigenvalue weighted by Crippen LogP contribution is 2.42. The van der Waals surface area contributed by atoms with Crippen molar-refractivity contribution < 1.29 is 9.59 Å². The topological polar surface area (TPSA) is 43.9 Å². The predicted molar refractivity (Wildman–Crippen MR) is 110 cm³/mol. The van der Waals surface area contributed by atoms with Crippen LogP contribution < -0.4 is 0 Å². The minimum Gasteiger partial charge on any atom is -0.341 e. The highest BCUT2D eigenvalue weighted by molar-refractivity contribution is 5.86. The van der Waals surface area contributed by atoms with Gasteiger partial charge < -0.3 is 9.80 Å². The van der Waals surface area contributed by atoms with E-state index in [4.69, 9.17) is 0 Å². The van der Waals surface area contributed by atoms with Crippen LogP contribution in [0.5, 0.6) is 0 Å². The fraction of sp³-hybridized carbons (Fsp3) is 0.652. The van der Waals surface area contributed by atoms with Crippen LogP contribution in [0.4, 0.5) is 0 Å². The number of nitrogens with zero attached hydrogens (tertiary/aromatic N) is 3. The van der Waals surface area contributed by atoms with Crippen LogP contribution >= 0.6 is 0 Å². The molecule has 5 nitrogen and oxygen atoms in total. The Morgan fingerprint density at radius 1 is 1.00 bits per heavy atom. The zero-order valence-electron chi connectivity index (χ0n) is 17.1. The van der Waals surface area contributed by atoms with Gasteiger partial charge in [-0.25, -0.2) is 0 Å². The first kappa shape index (κ1) is 19.4. The molecule has 1 aromatic carbocycles. The number of carbonyl (C=O) groups excluding carboxylic acids is 2. The Kier molecular flexibility index (Phi) is 5.72. The summed E-state index contributed by atoms with van der Waals surface area (Å²) in [5, 5.41) is 0. The Bertz CT molecular complexity index is 697. The Hall–Kier alpha value is -1.88. The van der Waals surface area contributed by atoms with Crippen LogP contribution in [0.3, 0.4) is 0 Å². The first-order valence-corrected chi connectivity index (χ1v) is 10.9. The summed E-state index contributed by atoms with van der Waals surface area (Å²) in [4.78, 5) is 32.6. The van der Waals surface area contributed by atoms with E-state index in [0.29, 0.717) is 12.5 Å². The van der Waals surface area contributed by atoms with Crippen LogP contribution in [-0.2, 0) is 16.1 Å². The number of hydrogen-bond donors (Lipinski definition) is 0. The van der Waals surface area contributed by atoms with E-state index >= 15 is 0 Å². The lowest BCUT2D eigenvalue weighted by molar-refractivity contribution is -0.145. The van der Waals surface area contributed by atoms with Crippen molar-refractivity contribution in [3.63, 3.8) is 0 Å². The summed E-state index contributed by atoms with van der Waals surface area (Å²) in [6.45, 7) is 4.02. The van der Waals surface area contributed by atoms with E-state index in [1.54, 1.807) is 0 Å². The second-order valence-electron chi connectivity index (χ2n) is 8.91. The number of carbonyl (C=O) groups is 2. The quantitative estimate of drug-likeness (QED) is 0.806. The summed E-state index contributed by atoms with van der Waals surface area (Å²) in [5.74, 6) is 0.584. The molecule has 2 amide bonds. The number of likely N-dealkylation sites (N-methyl/N-ethyl adjacent to an activating group) is 1. The van der Waals surface area contributed by atoms with Gasteiger partial charge in [0.05, 0.1) is 11.5 Å². The molecule has 1 aromatic rings. The van der Waals surface area contributed by atoms with Crippen molar-refractivity contribution in [1.29, 1.82) is 0 Å². The fourth-order valence-electron chi connectivity index (χ4n) is 5.24. The molecule has 0 radical (unpaired) electrons. The molecule has 152 valence electrons. The molecule has 3 aliphatic rings. The molecule has 0 saturated carbocycles. The number of likely N-dealkylation sites (tertiary alicyclic amines) is 3. The van der Waals surface area contributed by atoms with E-state index in [-0.39, 0.29) is 17.4 Å². The maximum atomic E-state index is 13.2. The molecule has 3 heterocycles. The third-order valence-corrected chi connectivity index (χ3v) is 7.16. The molecule has 0 N–H and O–H groups in total. The molecule has 1 atom stereocenters. The molecule has 0 aliphatic carbocycles. The van der Waals surface area contributed by atoms with Crippen LogP contribution in [0.25, 0.3) is 0 Å². The van der Waals surface area contributed by atoms with Gasteiger partial charge in [-0.1, -0.05) is 43.2 Å². The van der Waals surface area contributed by atoms with Crippen molar-refractivity contribution in [2.75, 3.05) is 33.2 Å². The molecular formula is C23H33N3O2. The van der Waals surface area contributed by atoms with Gasteiger partial charge in [-0.2, -0.15) is 0 Å². The van der Waals surface area contributed by atoms with E-state index in [1.165, 1.54) is 18.4 Å². The molecule has 3 aliphatic heterocycles. The zero-order valence-corrected chi connectivity index (χ0v) is 17.1. The van der Waals surface area contributed by atoms with Crippen molar-refractivity contribution >= 4 is 11.8 Å². The van der Waals surface area contributed by atoms with Crippen molar-refractivity contribution in [3.8, 4) is 0 Å². The first-order chi connectivity index (χ1) is 13.6. The van der Waals surface area contributed by atoms with E-state index in [2.05, 4.69) is 24.1 Å². The molecule has 3 fully saturated rings. The standard InChI is InChI=1S/C23H33N3O2/c1-24-14-7-3-6-10-20(24)21(27)25-15-11-23(12-16-25)13-17-26(22(23)28)18-19-8-4-2-5-9-19/h2,4-5,8-9,20H,3,6-7,10-18H2,1H3. The van der Waals surface area contributed by atoms with Gasteiger partial charge in [0.15, 0.2) is 0 Å². The zero-order chi connectivity index (χ0) is 19.6. The van der Waals surface area contributed by atoms with Gasteiger partial charge in [0.25, 0.3) is 0 Å². The maximum Gasteiger partial charge on any atom is 0.239 e. The lowest BCUT2D eigenvalue weighted by Crippen LogP contribution is -2.52. The summed E-state index contributed by atoms with van der Waals surface area (Å²) in [6, 6.07) is 10.3. The number of rotatable bonds is 3. The van der Waals surface area contributed by atoms with Crippen LogP contribution in [0.1, 0.15) is 50.5 Å². The Morgan fingerprint density at radius 2 is 1.71 bits per heavy atom. The molecular weight excluding hydrogens is 350 g/mol. The molecule has 5 heteroatoms. The summed E-state index contributed by atoms with van der Waals surface area (Å²) in [5.41, 5.74) is 0.956. The predicted octanol–water partition coefficient (Wildman–Crippen LogP) is 2.90. The Morgan fingerprint density at radius 3 is 2.46 bits per heavy atom. The number of hydrogen-bond acceptors (Lipinski definition) is 3. The molecule has 0 aromatic heterocycles. The average Bonchev–Trinajstić information content (AvgIpc) is 2.88. The molecule has 3 saturated heterocycles. The summed E-state index contributed by atoms with van der Waals surface area (Å²) in [7, 11) is 2.08. The smallest absolute Gasteiger partial charge is 0.239 e. The van der Waals surface area contributed by atoms with Gasteiger partial charge in [0, 0.05) is 26.2 Å². The second kappa shape index (κ2) is 8.24. The lowest BCUT2D eigenvalue weighted by atomic mass is 9.77. The monoisotopic (exact) mass is 383 g/mol.